The average molecular weight is 416 g/mol. The quantitative estimate of drug-likeness (QED) is 0.406. The second kappa shape index (κ2) is 10.9. The molecule has 1 unspecified atom stereocenters. The van der Waals surface area contributed by atoms with Crippen molar-refractivity contribution >= 4 is 35.8 Å². The third-order valence-electron chi connectivity index (χ3n) is 4.93. The van der Waals surface area contributed by atoms with Gasteiger partial charge < -0.3 is 10.6 Å². The van der Waals surface area contributed by atoms with Crippen molar-refractivity contribution in [2.45, 2.75) is 51.0 Å². The van der Waals surface area contributed by atoms with Crippen molar-refractivity contribution in [2.75, 3.05) is 18.8 Å². The number of likely N-dealkylation sites (tertiary alicyclic amines) is 1. The predicted octanol–water partition coefficient (Wildman–Crippen LogP) is 4.35. The molecule has 8 heteroatoms. The van der Waals surface area contributed by atoms with Gasteiger partial charge in [0.25, 0.3) is 11.6 Å². The van der Waals surface area contributed by atoms with Gasteiger partial charge in [0.15, 0.2) is 0 Å². The van der Waals surface area contributed by atoms with Crippen molar-refractivity contribution in [3.63, 3.8) is 0 Å². The number of rotatable bonds is 7. The smallest absolute Gasteiger partial charge is 0.283 e. The minimum Gasteiger partial charge on any atom is -0.339 e. The zero-order chi connectivity index (χ0) is 19.3. The third kappa shape index (κ3) is 6.66. The first-order valence-electron chi connectivity index (χ1n) is 9.25. The summed E-state index contributed by atoms with van der Waals surface area (Å²) in [5.74, 6) is 1.70. The van der Waals surface area contributed by atoms with Crippen LogP contribution in [0.3, 0.4) is 0 Å². The van der Waals surface area contributed by atoms with Crippen LogP contribution >= 0.6 is 24.2 Å². The van der Waals surface area contributed by atoms with Crippen molar-refractivity contribution < 1.29 is 9.72 Å². The number of hydrogen-bond acceptors (Lipinski definition) is 5. The first-order valence-corrected chi connectivity index (χ1v) is 10.2. The topological polar surface area (TPSA) is 89.5 Å². The monoisotopic (exact) mass is 415 g/mol. The van der Waals surface area contributed by atoms with Gasteiger partial charge in [-0.2, -0.15) is 0 Å². The van der Waals surface area contributed by atoms with Gasteiger partial charge in [-0.05, 0) is 55.9 Å². The third-order valence-corrected chi connectivity index (χ3v) is 6.02. The fourth-order valence-electron chi connectivity index (χ4n) is 3.13. The molecule has 1 atom stereocenters. The number of carbonyl (C=O) groups excluding carboxylic acids is 1. The summed E-state index contributed by atoms with van der Waals surface area (Å²) in [6.07, 6.45) is 2.76. The number of benzene rings is 1. The highest BCUT2D eigenvalue weighted by Crippen LogP contribution is 2.32. The zero-order valence-corrected chi connectivity index (χ0v) is 17.9. The Labute approximate surface area is 171 Å². The van der Waals surface area contributed by atoms with Crippen LogP contribution in [-0.2, 0) is 0 Å². The van der Waals surface area contributed by atoms with E-state index >= 15 is 0 Å². The number of amides is 1. The molecule has 1 aromatic carbocycles. The van der Waals surface area contributed by atoms with Gasteiger partial charge in [-0.15, -0.1) is 24.2 Å². The van der Waals surface area contributed by atoms with E-state index in [1.807, 2.05) is 6.92 Å². The zero-order valence-electron chi connectivity index (χ0n) is 16.2. The molecule has 27 heavy (non-hydrogen) atoms. The molecule has 0 aliphatic carbocycles. The van der Waals surface area contributed by atoms with Crippen molar-refractivity contribution in [1.29, 1.82) is 0 Å². The summed E-state index contributed by atoms with van der Waals surface area (Å²) in [4.78, 5) is 26.2. The van der Waals surface area contributed by atoms with Crippen LogP contribution in [0.2, 0.25) is 0 Å². The second-order valence-corrected chi connectivity index (χ2v) is 8.60. The number of thioether (sulfide) groups is 1. The fraction of sp³-hybridized carbons (Fsp3) is 0.632. The number of nitro groups is 1. The van der Waals surface area contributed by atoms with Crippen molar-refractivity contribution in [2.24, 2.45) is 17.6 Å². The number of piperidine rings is 1. The lowest BCUT2D eigenvalue weighted by Gasteiger charge is -2.33. The minimum absolute atomic E-state index is 0. The molecule has 1 amide bonds. The number of nitrogens with two attached hydrogens (primary N) is 1. The van der Waals surface area contributed by atoms with E-state index in [9.17, 15) is 14.9 Å². The molecule has 1 aliphatic rings. The summed E-state index contributed by atoms with van der Waals surface area (Å²) >= 11 is 1.48. The van der Waals surface area contributed by atoms with E-state index in [4.69, 9.17) is 5.73 Å². The number of nitro benzene ring substituents is 1. The Balaban J connectivity index is 0.00000364. The Morgan fingerprint density at radius 1 is 1.33 bits per heavy atom. The molecule has 1 saturated heterocycles. The predicted molar refractivity (Wildman–Crippen MR) is 113 cm³/mol. The molecule has 0 spiro atoms. The lowest BCUT2D eigenvalue weighted by Crippen LogP contribution is -2.42. The van der Waals surface area contributed by atoms with E-state index in [1.54, 1.807) is 17.0 Å². The van der Waals surface area contributed by atoms with Crippen molar-refractivity contribution in [3.8, 4) is 0 Å². The highest BCUT2D eigenvalue weighted by atomic mass is 35.5. The molecule has 6 nitrogen and oxygen atoms in total. The van der Waals surface area contributed by atoms with E-state index in [0.717, 1.165) is 25.0 Å². The summed E-state index contributed by atoms with van der Waals surface area (Å²) in [6.45, 7) is 7.57. The summed E-state index contributed by atoms with van der Waals surface area (Å²) < 4.78 is 0. The van der Waals surface area contributed by atoms with Gasteiger partial charge in [0.05, 0.1) is 9.82 Å². The Morgan fingerprint density at radius 2 is 1.96 bits per heavy atom. The standard InChI is InChI=1S/C19H29N3O3S.ClH/c1-13(2)8-11-26-18-5-4-16(12-17(18)22(24)25)19(23)21-9-6-15(7-10-21)14(3)20;/h4-5,12-15H,6-11,20H2,1-3H3;1H. The molecule has 1 fully saturated rings. The van der Waals surface area contributed by atoms with E-state index in [1.165, 1.54) is 17.8 Å². The summed E-state index contributed by atoms with van der Waals surface area (Å²) in [5, 5.41) is 11.4. The lowest BCUT2D eigenvalue weighted by molar-refractivity contribution is -0.387. The van der Waals surface area contributed by atoms with Gasteiger partial charge in [0.2, 0.25) is 0 Å². The van der Waals surface area contributed by atoms with Crippen molar-refractivity contribution in [3.05, 3.63) is 33.9 Å². The van der Waals surface area contributed by atoms with E-state index < -0.39 is 4.92 Å². The van der Waals surface area contributed by atoms with Crippen molar-refractivity contribution in [1.82, 2.24) is 4.90 Å². The summed E-state index contributed by atoms with van der Waals surface area (Å²) in [5.41, 5.74) is 6.36. The molecule has 1 aliphatic heterocycles. The average Bonchev–Trinajstić information content (AvgIpc) is 2.61. The van der Waals surface area contributed by atoms with E-state index in [2.05, 4.69) is 13.8 Å². The molecule has 0 aromatic heterocycles. The first-order chi connectivity index (χ1) is 12.3. The molecule has 0 bridgehead atoms. The Morgan fingerprint density at radius 3 is 2.48 bits per heavy atom. The summed E-state index contributed by atoms with van der Waals surface area (Å²) in [6, 6.07) is 4.99. The highest BCUT2D eigenvalue weighted by molar-refractivity contribution is 7.99. The van der Waals surface area contributed by atoms with Gasteiger partial charge in [-0.25, -0.2) is 0 Å². The number of carbonyl (C=O) groups is 1. The Hall–Kier alpha value is -1.31. The maximum absolute atomic E-state index is 12.7. The van der Waals surface area contributed by atoms with Gasteiger partial charge in [-0.3, -0.25) is 14.9 Å². The van der Waals surface area contributed by atoms with Gasteiger partial charge in [-0.1, -0.05) is 13.8 Å². The molecular weight excluding hydrogens is 386 g/mol. The van der Waals surface area contributed by atoms with Gasteiger partial charge in [0, 0.05) is 30.8 Å². The molecule has 2 rings (SSSR count). The van der Waals surface area contributed by atoms with Crippen LogP contribution in [0.25, 0.3) is 0 Å². The summed E-state index contributed by atoms with van der Waals surface area (Å²) in [7, 11) is 0. The van der Waals surface area contributed by atoms with E-state index in [-0.39, 0.29) is 30.0 Å². The Bertz CT molecular complexity index is 647. The second-order valence-electron chi connectivity index (χ2n) is 7.46. The SMILES string of the molecule is CC(C)CCSc1ccc(C(=O)N2CCC(C(C)N)CC2)cc1[N+](=O)[O-].Cl. The number of nitrogens with zero attached hydrogens (tertiary/aromatic N) is 2. The number of halogens is 1. The number of hydrogen-bond donors (Lipinski definition) is 1. The van der Waals surface area contributed by atoms with Gasteiger partial charge >= 0.3 is 0 Å². The molecular formula is C19H30ClN3O3S. The van der Waals surface area contributed by atoms with Crippen LogP contribution in [0.1, 0.15) is 50.4 Å². The van der Waals surface area contributed by atoms with E-state index in [0.29, 0.717) is 35.4 Å². The fourth-order valence-corrected chi connectivity index (χ4v) is 4.39. The van der Waals surface area contributed by atoms with Crippen LogP contribution in [0.4, 0.5) is 5.69 Å². The largest absolute Gasteiger partial charge is 0.339 e. The minimum atomic E-state index is -0.392. The highest BCUT2D eigenvalue weighted by Gasteiger charge is 2.27. The molecule has 0 radical (unpaired) electrons. The molecule has 152 valence electrons. The molecule has 2 N–H and O–H groups in total. The Kier molecular flexibility index (Phi) is 9.56. The van der Waals surface area contributed by atoms with Crippen LogP contribution in [0.5, 0.6) is 0 Å². The van der Waals surface area contributed by atoms with Crippen LogP contribution < -0.4 is 5.73 Å². The molecule has 0 saturated carbocycles. The van der Waals surface area contributed by atoms with Gasteiger partial charge in [0.1, 0.15) is 0 Å². The molecule has 1 heterocycles. The molecule has 1 aromatic rings. The lowest BCUT2D eigenvalue weighted by atomic mass is 9.90. The maximum Gasteiger partial charge on any atom is 0.283 e. The first kappa shape index (κ1) is 23.7. The van der Waals surface area contributed by atoms with Crippen LogP contribution in [-0.4, -0.2) is 40.6 Å². The van der Waals surface area contributed by atoms with Crippen LogP contribution in [0, 0.1) is 22.0 Å². The van der Waals surface area contributed by atoms with Crippen LogP contribution in [0.15, 0.2) is 23.1 Å². The maximum atomic E-state index is 12.7. The normalized spacial score (nSPS) is 16.1.